The summed E-state index contributed by atoms with van der Waals surface area (Å²) in [6, 6.07) is 0. The minimum absolute atomic E-state index is 1.22. The number of carbonyl (C=O) groups excluding carboxylic acids is 2. The van der Waals surface area contributed by atoms with Crippen LogP contribution in [0.15, 0.2) is 0 Å². The molecule has 0 aliphatic carbocycles. The van der Waals surface area contributed by atoms with Crippen molar-refractivity contribution in [2.45, 2.75) is 12.2 Å². The molecular formula is C4H4Cl2O4. The standard InChI is InChI=1S/C4H4Cl2O4/c5-3(9)1(7)2(8)4(6)10/h1-2,7-8H/t1-,2-/m1/s1. The van der Waals surface area contributed by atoms with Crippen molar-refractivity contribution in [2.75, 3.05) is 0 Å². The summed E-state index contributed by atoms with van der Waals surface area (Å²) in [6.07, 6.45) is -3.88. The first-order chi connectivity index (χ1) is 4.46. The molecule has 0 saturated carbocycles. The van der Waals surface area contributed by atoms with Gasteiger partial charge in [0.05, 0.1) is 0 Å². The van der Waals surface area contributed by atoms with Gasteiger partial charge in [0, 0.05) is 0 Å². The molecule has 0 fully saturated rings. The van der Waals surface area contributed by atoms with E-state index in [0.717, 1.165) is 0 Å². The lowest BCUT2D eigenvalue weighted by molar-refractivity contribution is -0.134. The average molecular weight is 187 g/mol. The van der Waals surface area contributed by atoms with Gasteiger partial charge in [0.2, 0.25) is 0 Å². The van der Waals surface area contributed by atoms with E-state index in [1.54, 1.807) is 0 Å². The zero-order valence-electron chi connectivity index (χ0n) is 4.62. The summed E-state index contributed by atoms with van der Waals surface area (Å²) in [7, 11) is 0. The summed E-state index contributed by atoms with van der Waals surface area (Å²) < 4.78 is 0. The Morgan fingerprint density at radius 3 is 1.30 bits per heavy atom. The summed E-state index contributed by atoms with van der Waals surface area (Å²) in [4.78, 5) is 20.1. The van der Waals surface area contributed by atoms with E-state index < -0.39 is 22.7 Å². The van der Waals surface area contributed by atoms with Crippen molar-refractivity contribution < 1.29 is 19.8 Å². The molecule has 0 aromatic heterocycles. The van der Waals surface area contributed by atoms with E-state index in [1.165, 1.54) is 0 Å². The molecule has 0 aromatic carbocycles. The van der Waals surface area contributed by atoms with Gasteiger partial charge >= 0.3 is 0 Å². The molecule has 0 saturated heterocycles. The maximum absolute atomic E-state index is 10.0. The van der Waals surface area contributed by atoms with Gasteiger partial charge in [-0.3, -0.25) is 9.59 Å². The van der Waals surface area contributed by atoms with Gasteiger partial charge in [0.15, 0.2) is 12.2 Å². The van der Waals surface area contributed by atoms with Crippen LogP contribution in [0, 0.1) is 0 Å². The largest absolute Gasteiger partial charge is 0.381 e. The fourth-order valence-corrected chi connectivity index (χ4v) is 0.487. The number of hydrogen-bond acceptors (Lipinski definition) is 4. The smallest absolute Gasteiger partial charge is 0.253 e. The maximum Gasteiger partial charge on any atom is 0.253 e. The van der Waals surface area contributed by atoms with E-state index >= 15 is 0 Å². The van der Waals surface area contributed by atoms with Crippen molar-refractivity contribution in [1.29, 1.82) is 0 Å². The van der Waals surface area contributed by atoms with Gasteiger partial charge in [-0.1, -0.05) is 0 Å². The van der Waals surface area contributed by atoms with Crippen LogP contribution in [0.25, 0.3) is 0 Å². The second-order valence-electron chi connectivity index (χ2n) is 1.50. The van der Waals surface area contributed by atoms with Gasteiger partial charge in [-0.15, -0.1) is 0 Å². The number of rotatable bonds is 3. The molecule has 58 valence electrons. The second kappa shape index (κ2) is 3.88. The van der Waals surface area contributed by atoms with Crippen LogP contribution in [0.2, 0.25) is 0 Å². The Balaban J connectivity index is 4.07. The van der Waals surface area contributed by atoms with Crippen LogP contribution in [0.5, 0.6) is 0 Å². The summed E-state index contributed by atoms with van der Waals surface area (Å²) in [5.41, 5.74) is 0. The van der Waals surface area contributed by atoms with Gasteiger partial charge < -0.3 is 10.2 Å². The molecule has 10 heavy (non-hydrogen) atoms. The zero-order chi connectivity index (χ0) is 8.31. The van der Waals surface area contributed by atoms with Crippen molar-refractivity contribution in [3.63, 3.8) is 0 Å². The Kier molecular flexibility index (Phi) is 3.81. The Hall–Kier alpha value is -0.160. The van der Waals surface area contributed by atoms with Gasteiger partial charge in [-0.25, -0.2) is 0 Å². The van der Waals surface area contributed by atoms with Gasteiger partial charge in [-0.05, 0) is 23.2 Å². The molecule has 0 amide bonds. The summed E-state index contributed by atoms with van der Waals surface area (Å²) in [6.45, 7) is 0. The van der Waals surface area contributed by atoms with Gasteiger partial charge in [-0.2, -0.15) is 0 Å². The molecule has 2 atom stereocenters. The van der Waals surface area contributed by atoms with Crippen molar-refractivity contribution in [1.82, 2.24) is 0 Å². The normalized spacial score (nSPS) is 16.0. The first-order valence-electron chi connectivity index (χ1n) is 2.21. The predicted molar refractivity (Wildman–Crippen MR) is 33.7 cm³/mol. The Labute approximate surface area is 66.4 Å². The van der Waals surface area contributed by atoms with Crippen LogP contribution in [0.3, 0.4) is 0 Å². The third-order valence-electron chi connectivity index (χ3n) is 0.764. The molecule has 0 spiro atoms. The van der Waals surface area contributed by atoms with E-state index in [4.69, 9.17) is 33.4 Å². The van der Waals surface area contributed by atoms with E-state index in [0.29, 0.717) is 0 Å². The molecule has 0 heterocycles. The van der Waals surface area contributed by atoms with Gasteiger partial charge in [0.25, 0.3) is 10.5 Å². The number of hydrogen-bond donors (Lipinski definition) is 2. The van der Waals surface area contributed by atoms with Crippen molar-refractivity contribution >= 4 is 33.7 Å². The van der Waals surface area contributed by atoms with Crippen molar-refractivity contribution in [2.24, 2.45) is 0 Å². The van der Waals surface area contributed by atoms with Crippen molar-refractivity contribution in [3.8, 4) is 0 Å². The Bertz CT molecular complexity index is 139. The predicted octanol–water partition coefficient (Wildman–Crippen LogP) is -0.761. The Morgan fingerprint density at radius 1 is 1.00 bits per heavy atom. The SMILES string of the molecule is O=C(Cl)[C@H](O)[C@@H](O)C(=O)Cl. The molecular weight excluding hydrogens is 183 g/mol. The number of halogens is 2. The first-order valence-corrected chi connectivity index (χ1v) is 2.97. The summed E-state index contributed by atoms with van der Waals surface area (Å²) >= 11 is 9.41. The highest BCUT2D eigenvalue weighted by Gasteiger charge is 2.27. The van der Waals surface area contributed by atoms with Crippen LogP contribution >= 0.6 is 23.2 Å². The van der Waals surface area contributed by atoms with Crippen LogP contribution in [0.1, 0.15) is 0 Å². The molecule has 0 aromatic rings. The quantitative estimate of drug-likeness (QED) is 0.569. The van der Waals surface area contributed by atoms with Crippen LogP contribution in [-0.2, 0) is 9.59 Å². The summed E-state index contributed by atoms with van der Waals surface area (Å²) in [5, 5.41) is 14.6. The maximum atomic E-state index is 10.0. The minimum Gasteiger partial charge on any atom is -0.381 e. The van der Waals surface area contributed by atoms with Crippen LogP contribution in [-0.4, -0.2) is 32.9 Å². The number of aliphatic hydroxyl groups is 2. The molecule has 4 nitrogen and oxygen atoms in total. The zero-order valence-corrected chi connectivity index (χ0v) is 6.13. The Morgan fingerprint density at radius 2 is 1.20 bits per heavy atom. The topological polar surface area (TPSA) is 74.6 Å². The number of aliphatic hydroxyl groups excluding tert-OH is 2. The molecule has 0 radical (unpaired) electrons. The highest BCUT2D eigenvalue weighted by atomic mass is 35.5. The van der Waals surface area contributed by atoms with Crippen molar-refractivity contribution in [3.05, 3.63) is 0 Å². The third-order valence-corrected chi connectivity index (χ3v) is 1.21. The third kappa shape index (κ3) is 2.62. The highest BCUT2D eigenvalue weighted by Crippen LogP contribution is 2.01. The lowest BCUT2D eigenvalue weighted by Gasteiger charge is -2.07. The molecule has 0 aliphatic heterocycles. The average Bonchev–Trinajstić information content (AvgIpc) is 1.84. The first kappa shape index (κ1) is 9.84. The minimum atomic E-state index is -1.94. The molecule has 0 unspecified atom stereocenters. The van der Waals surface area contributed by atoms with E-state index in [9.17, 15) is 9.59 Å². The van der Waals surface area contributed by atoms with Gasteiger partial charge in [0.1, 0.15) is 0 Å². The molecule has 2 N–H and O–H groups in total. The lowest BCUT2D eigenvalue weighted by atomic mass is 10.2. The van der Waals surface area contributed by atoms with E-state index in [-0.39, 0.29) is 0 Å². The fourth-order valence-electron chi connectivity index (χ4n) is 0.248. The van der Waals surface area contributed by atoms with E-state index in [2.05, 4.69) is 0 Å². The second-order valence-corrected chi connectivity index (χ2v) is 2.24. The lowest BCUT2D eigenvalue weighted by Crippen LogP contribution is -2.35. The highest BCUT2D eigenvalue weighted by molar-refractivity contribution is 6.67. The fraction of sp³-hybridized carbons (Fsp3) is 0.500. The summed E-state index contributed by atoms with van der Waals surface area (Å²) in [5.74, 6) is 0. The van der Waals surface area contributed by atoms with Crippen LogP contribution in [0.4, 0.5) is 0 Å². The molecule has 0 bridgehead atoms. The monoisotopic (exact) mass is 186 g/mol. The van der Waals surface area contributed by atoms with Crippen LogP contribution < -0.4 is 0 Å². The van der Waals surface area contributed by atoms with E-state index in [1.807, 2.05) is 0 Å². The molecule has 0 rings (SSSR count). The number of carbonyl (C=O) groups is 2. The molecule has 0 aliphatic rings. The molecule has 6 heteroatoms.